The number of aromatic nitrogens is 3. The number of carbonyl (C=O) groups is 1. The average molecular weight is 285 g/mol. The Balaban J connectivity index is 2.46. The number of carboxylic acids is 1. The van der Waals surface area contributed by atoms with Crippen molar-refractivity contribution in [1.29, 1.82) is 0 Å². The molecule has 2 heterocycles. The van der Waals surface area contributed by atoms with Crippen molar-refractivity contribution in [2.45, 2.75) is 6.92 Å². The maximum Gasteiger partial charge on any atom is 0.339 e. The van der Waals surface area contributed by atoms with Gasteiger partial charge in [-0.1, -0.05) is 0 Å². The summed E-state index contributed by atoms with van der Waals surface area (Å²) in [6, 6.07) is 5.08. The third-order valence-corrected chi connectivity index (χ3v) is 3.88. The van der Waals surface area contributed by atoms with Crippen LogP contribution < -0.4 is 0 Å². The zero-order valence-electron chi connectivity index (χ0n) is 12.0. The second-order valence-electron chi connectivity index (χ2n) is 5.06. The van der Waals surface area contributed by atoms with Crippen LogP contribution in [0.2, 0.25) is 0 Å². The Bertz CT molecular complexity index is 874. The van der Waals surface area contributed by atoms with Gasteiger partial charge in [0.2, 0.25) is 0 Å². The van der Waals surface area contributed by atoms with Crippen LogP contribution in [-0.2, 0) is 14.1 Å². The predicted molar refractivity (Wildman–Crippen MR) is 78.5 cm³/mol. The molecule has 0 spiro atoms. The van der Waals surface area contributed by atoms with E-state index in [2.05, 4.69) is 5.10 Å². The van der Waals surface area contributed by atoms with Gasteiger partial charge in [-0.05, 0) is 25.1 Å². The molecule has 21 heavy (non-hydrogen) atoms. The molecule has 2 aromatic heterocycles. The second kappa shape index (κ2) is 4.37. The third-order valence-electron chi connectivity index (χ3n) is 3.88. The molecular formula is C15H15N3O3. The monoisotopic (exact) mass is 285 g/mol. The Morgan fingerprint density at radius 3 is 2.67 bits per heavy atom. The van der Waals surface area contributed by atoms with Crippen molar-refractivity contribution < 1.29 is 15.0 Å². The van der Waals surface area contributed by atoms with E-state index in [1.165, 1.54) is 6.20 Å². The summed E-state index contributed by atoms with van der Waals surface area (Å²) >= 11 is 0. The molecule has 0 radical (unpaired) electrons. The number of hydrogen-bond donors (Lipinski definition) is 2. The summed E-state index contributed by atoms with van der Waals surface area (Å²) in [6.07, 6.45) is 1.35. The minimum Gasteiger partial charge on any atom is -0.508 e. The van der Waals surface area contributed by atoms with Crippen molar-refractivity contribution in [3.63, 3.8) is 0 Å². The van der Waals surface area contributed by atoms with E-state index in [1.54, 1.807) is 23.9 Å². The fourth-order valence-corrected chi connectivity index (χ4v) is 2.75. The molecule has 0 bridgehead atoms. The van der Waals surface area contributed by atoms with Crippen LogP contribution in [-0.4, -0.2) is 30.5 Å². The van der Waals surface area contributed by atoms with Crippen LogP contribution in [0, 0.1) is 6.92 Å². The van der Waals surface area contributed by atoms with Crippen molar-refractivity contribution in [2.75, 3.05) is 0 Å². The largest absolute Gasteiger partial charge is 0.508 e. The van der Waals surface area contributed by atoms with E-state index in [1.807, 2.05) is 24.6 Å². The number of rotatable bonds is 2. The third kappa shape index (κ3) is 1.79. The second-order valence-corrected chi connectivity index (χ2v) is 5.06. The number of fused-ring (bicyclic) bond motifs is 1. The molecule has 0 amide bonds. The predicted octanol–water partition coefficient (Wildman–Crippen LogP) is 2.29. The standard InChI is InChI=1S/C15H15N3O3/c1-8-13(14-11(15(20)21)7-16-18(14)3)10-6-9(19)4-5-12(10)17(8)2/h4-7,19H,1-3H3,(H,20,21). The lowest BCUT2D eigenvalue weighted by atomic mass is 10.0. The minimum absolute atomic E-state index is 0.147. The molecule has 0 fully saturated rings. The van der Waals surface area contributed by atoms with E-state index in [0.29, 0.717) is 5.69 Å². The summed E-state index contributed by atoms with van der Waals surface area (Å²) in [4.78, 5) is 11.4. The molecule has 0 aliphatic heterocycles. The molecule has 0 aliphatic rings. The van der Waals surface area contributed by atoms with Gasteiger partial charge >= 0.3 is 5.97 Å². The normalized spacial score (nSPS) is 11.2. The lowest BCUT2D eigenvalue weighted by Crippen LogP contribution is -2.02. The Hall–Kier alpha value is -2.76. The lowest BCUT2D eigenvalue weighted by molar-refractivity contribution is 0.0697. The Labute approximate surface area is 120 Å². The van der Waals surface area contributed by atoms with Crippen molar-refractivity contribution >= 4 is 16.9 Å². The molecule has 2 N–H and O–H groups in total. The van der Waals surface area contributed by atoms with Crippen LogP contribution in [0.15, 0.2) is 24.4 Å². The van der Waals surface area contributed by atoms with Gasteiger partial charge in [-0.15, -0.1) is 0 Å². The van der Waals surface area contributed by atoms with Gasteiger partial charge in [0.15, 0.2) is 0 Å². The van der Waals surface area contributed by atoms with Gasteiger partial charge in [0.25, 0.3) is 0 Å². The van der Waals surface area contributed by atoms with E-state index in [9.17, 15) is 15.0 Å². The van der Waals surface area contributed by atoms with Crippen molar-refractivity contribution in [3.05, 3.63) is 35.7 Å². The van der Waals surface area contributed by atoms with Gasteiger partial charge in [-0.2, -0.15) is 5.10 Å². The number of hydrogen-bond acceptors (Lipinski definition) is 3. The summed E-state index contributed by atoms with van der Waals surface area (Å²) in [7, 11) is 3.62. The quantitative estimate of drug-likeness (QED) is 0.757. The lowest BCUT2D eigenvalue weighted by Gasteiger charge is -2.05. The van der Waals surface area contributed by atoms with Gasteiger partial charge in [0.1, 0.15) is 11.3 Å². The first-order valence-electron chi connectivity index (χ1n) is 6.45. The Morgan fingerprint density at radius 2 is 2.00 bits per heavy atom. The molecule has 6 nitrogen and oxygen atoms in total. The summed E-state index contributed by atoms with van der Waals surface area (Å²) in [5.74, 6) is -0.872. The zero-order valence-corrected chi connectivity index (χ0v) is 12.0. The van der Waals surface area contributed by atoms with Crippen molar-refractivity contribution in [1.82, 2.24) is 14.3 Å². The number of aromatic hydroxyl groups is 1. The van der Waals surface area contributed by atoms with Gasteiger partial charge in [-0.25, -0.2) is 4.79 Å². The van der Waals surface area contributed by atoms with E-state index in [4.69, 9.17) is 0 Å². The van der Waals surface area contributed by atoms with E-state index < -0.39 is 5.97 Å². The van der Waals surface area contributed by atoms with Crippen molar-refractivity contribution in [2.24, 2.45) is 14.1 Å². The molecule has 0 saturated carbocycles. The molecule has 3 rings (SSSR count). The van der Waals surface area contributed by atoms with Crippen LogP contribution in [0.25, 0.3) is 22.2 Å². The fourth-order valence-electron chi connectivity index (χ4n) is 2.75. The number of phenols is 1. The maximum atomic E-state index is 11.4. The minimum atomic E-state index is -1.02. The smallest absolute Gasteiger partial charge is 0.339 e. The van der Waals surface area contributed by atoms with Gasteiger partial charge < -0.3 is 14.8 Å². The number of carboxylic acid groups (broad SMARTS) is 1. The highest BCUT2D eigenvalue weighted by atomic mass is 16.4. The van der Waals surface area contributed by atoms with Crippen LogP contribution in [0.5, 0.6) is 5.75 Å². The van der Waals surface area contributed by atoms with Crippen LogP contribution in [0.1, 0.15) is 16.1 Å². The summed E-state index contributed by atoms with van der Waals surface area (Å²) in [5.41, 5.74) is 3.31. The molecule has 0 aliphatic carbocycles. The molecule has 1 aromatic carbocycles. The SMILES string of the molecule is Cc1c(-c2c(C(=O)O)cnn2C)c2cc(O)ccc2n1C. The highest BCUT2D eigenvalue weighted by Gasteiger charge is 2.23. The molecule has 0 atom stereocenters. The average Bonchev–Trinajstić information content (AvgIpc) is 2.90. The van der Waals surface area contributed by atoms with Gasteiger partial charge in [0, 0.05) is 36.3 Å². The molecular weight excluding hydrogens is 270 g/mol. The van der Waals surface area contributed by atoms with Crippen molar-refractivity contribution in [3.8, 4) is 17.0 Å². The van der Waals surface area contributed by atoms with Crippen LogP contribution in [0.4, 0.5) is 0 Å². The number of phenolic OH excluding ortho intramolecular Hbond substituents is 1. The highest BCUT2D eigenvalue weighted by Crippen LogP contribution is 2.37. The summed E-state index contributed by atoms with van der Waals surface area (Å²) in [6.45, 7) is 1.92. The highest BCUT2D eigenvalue weighted by molar-refractivity contribution is 6.04. The van der Waals surface area contributed by atoms with E-state index in [0.717, 1.165) is 22.2 Å². The van der Waals surface area contributed by atoms with E-state index in [-0.39, 0.29) is 11.3 Å². The molecule has 3 aromatic rings. The summed E-state index contributed by atoms with van der Waals surface area (Å²) < 4.78 is 3.53. The molecule has 6 heteroatoms. The number of nitrogens with zero attached hydrogens (tertiary/aromatic N) is 3. The van der Waals surface area contributed by atoms with E-state index >= 15 is 0 Å². The Morgan fingerprint density at radius 1 is 1.29 bits per heavy atom. The molecule has 108 valence electrons. The van der Waals surface area contributed by atoms with Crippen LogP contribution >= 0.6 is 0 Å². The molecule has 0 saturated heterocycles. The first kappa shape index (κ1) is 13.2. The zero-order chi connectivity index (χ0) is 15.3. The molecule has 0 unspecified atom stereocenters. The fraction of sp³-hybridized carbons (Fsp3) is 0.200. The first-order valence-corrected chi connectivity index (χ1v) is 6.45. The first-order chi connectivity index (χ1) is 9.91. The maximum absolute atomic E-state index is 11.4. The number of aryl methyl sites for hydroxylation is 2. The topological polar surface area (TPSA) is 80.3 Å². The van der Waals surface area contributed by atoms with Gasteiger partial charge in [0.05, 0.1) is 11.9 Å². The van der Waals surface area contributed by atoms with Gasteiger partial charge in [-0.3, -0.25) is 4.68 Å². The number of aromatic carboxylic acids is 1. The van der Waals surface area contributed by atoms with Crippen LogP contribution in [0.3, 0.4) is 0 Å². The summed E-state index contributed by atoms with van der Waals surface area (Å²) in [5, 5.41) is 24.0. The Kier molecular flexibility index (Phi) is 2.76. The number of benzene rings is 1.